The molecule has 5 aromatic rings. The number of aromatic nitrogens is 5. The van der Waals surface area contributed by atoms with E-state index in [-0.39, 0.29) is 18.0 Å². The third-order valence-electron chi connectivity index (χ3n) is 7.38. The van der Waals surface area contributed by atoms with E-state index in [2.05, 4.69) is 15.1 Å². The van der Waals surface area contributed by atoms with Crippen LogP contribution in [0.4, 0.5) is 18.9 Å². The van der Waals surface area contributed by atoms with E-state index in [4.69, 9.17) is 9.47 Å². The lowest BCUT2D eigenvalue weighted by Crippen LogP contribution is -2.38. The molecule has 1 aliphatic rings. The van der Waals surface area contributed by atoms with Crippen molar-refractivity contribution in [3.8, 4) is 16.9 Å². The van der Waals surface area contributed by atoms with E-state index in [0.29, 0.717) is 64.2 Å². The number of methoxy groups -OCH3 is 2. The Morgan fingerprint density at radius 2 is 1.86 bits per heavy atom. The molecular weight excluding hydrogens is 549 g/mol. The summed E-state index contributed by atoms with van der Waals surface area (Å²) in [6.07, 6.45) is 3.67. The maximum atomic E-state index is 14.2. The van der Waals surface area contributed by atoms with Gasteiger partial charge in [-0.3, -0.25) is 14.5 Å². The topological polar surface area (TPSA) is 87.3 Å². The zero-order chi connectivity index (χ0) is 29.6. The minimum absolute atomic E-state index is 0.0571. The molecule has 12 heteroatoms. The first kappa shape index (κ1) is 27.5. The van der Waals surface area contributed by atoms with Crippen LogP contribution in [0.25, 0.3) is 22.0 Å². The molecule has 42 heavy (non-hydrogen) atoms. The van der Waals surface area contributed by atoms with Crippen molar-refractivity contribution in [2.24, 2.45) is 7.05 Å². The summed E-state index contributed by atoms with van der Waals surface area (Å²) in [7, 11) is 4.60. The van der Waals surface area contributed by atoms with Gasteiger partial charge < -0.3 is 18.9 Å². The number of pyridine rings is 1. The van der Waals surface area contributed by atoms with Crippen molar-refractivity contribution < 1.29 is 27.4 Å². The van der Waals surface area contributed by atoms with Crippen LogP contribution in [0.5, 0.6) is 5.75 Å². The van der Waals surface area contributed by atoms with Crippen LogP contribution in [0.3, 0.4) is 0 Å². The highest BCUT2D eigenvalue weighted by Crippen LogP contribution is 2.41. The number of anilines is 1. The van der Waals surface area contributed by atoms with Gasteiger partial charge in [-0.1, -0.05) is 0 Å². The molecule has 0 saturated carbocycles. The highest BCUT2D eigenvalue weighted by molar-refractivity contribution is 6.13. The second-order valence-electron chi connectivity index (χ2n) is 10.1. The quantitative estimate of drug-likeness (QED) is 0.263. The maximum Gasteiger partial charge on any atom is 0.435 e. The number of carbonyl (C=O) groups excluding carboxylic acids is 1. The smallest absolute Gasteiger partial charge is 0.435 e. The van der Waals surface area contributed by atoms with E-state index in [1.807, 2.05) is 12.1 Å². The normalized spacial score (nSPS) is 13.6. The number of fused-ring (bicyclic) bond motifs is 2. The molecule has 0 fully saturated rings. The second kappa shape index (κ2) is 10.6. The molecule has 0 radical (unpaired) electrons. The second-order valence-corrected chi connectivity index (χ2v) is 10.1. The first-order valence-electron chi connectivity index (χ1n) is 13.2. The van der Waals surface area contributed by atoms with E-state index in [0.717, 1.165) is 10.2 Å². The summed E-state index contributed by atoms with van der Waals surface area (Å²) in [6.45, 7) is 0.886. The zero-order valence-corrected chi connectivity index (χ0v) is 23.1. The summed E-state index contributed by atoms with van der Waals surface area (Å²) in [4.78, 5) is 24.5. The van der Waals surface area contributed by atoms with Crippen LogP contribution in [0.15, 0.2) is 61.4 Å². The van der Waals surface area contributed by atoms with E-state index in [1.54, 1.807) is 66.8 Å². The number of hydrogen-bond acceptors (Lipinski definition) is 6. The molecule has 1 aliphatic heterocycles. The van der Waals surface area contributed by atoms with Gasteiger partial charge in [-0.05, 0) is 53.4 Å². The Labute approximate surface area is 239 Å². The molecular formula is C30H27F3N6O3. The lowest BCUT2D eigenvalue weighted by molar-refractivity contribution is -0.140. The average Bonchev–Trinajstić information content (AvgIpc) is 3.62. The Bertz CT molecular complexity index is 1800. The summed E-state index contributed by atoms with van der Waals surface area (Å²) < 4.78 is 56.0. The zero-order valence-electron chi connectivity index (χ0n) is 23.1. The minimum atomic E-state index is -4.66. The number of carbonyl (C=O) groups is 1. The van der Waals surface area contributed by atoms with E-state index < -0.39 is 11.9 Å². The van der Waals surface area contributed by atoms with E-state index in [9.17, 15) is 18.0 Å². The average molecular weight is 577 g/mol. The predicted octanol–water partition coefficient (Wildman–Crippen LogP) is 5.26. The van der Waals surface area contributed by atoms with E-state index in [1.165, 1.54) is 13.2 Å². The largest absolute Gasteiger partial charge is 0.497 e. The monoisotopic (exact) mass is 576 g/mol. The lowest BCUT2D eigenvalue weighted by Gasteiger charge is -2.31. The van der Waals surface area contributed by atoms with Crippen LogP contribution in [0.2, 0.25) is 0 Å². The van der Waals surface area contributed by atoms with Gasteiger partial charge in [0.25, 0.3) is 5.91 Å². The number of alkyl halides is 3. The molecule has 216 valence electrons. The molecule has 4 heterocycles. The van der Waals surface area contributed by atoms with Gasteiger partial charge in [0.05, 0.1) is 31.2 Å². The van der Waals surface area contributed by atoms with Gasteiger partial charge in [-0.25, -0.2) is 4.98 Å². The Hall–Kier alpha value is -4.71. The van der Waals surface area contributed by atoms with Crippen molar-refractivity contribution in [1.82, 2.24) is 24.3 Å². The molecule has 1 amide bonds. The van der Waals surface area contributed by atoms with Gasteiger partial charge >= 0.3 is 6.18 Å². The van der Waals surface area contributed by atoms with Crippen molar-refractivity contribution in [2.45, 2.75) is 25.7 Å². The number of aryl methyl sites for hydroxylation is 1. The number of ether oxygens (including phenoxy) is 2. The Balaban J connectivity index is 1.52. The third kappa shape index (κ3) is 4.87. The summed E-state index contributed by atoms with van der Waals surface area (Å²) >= 11 is 0. The first-order valence-corrected chi connectivity index (χ1v) is 13.2. The number of hydrogen-bond donors (Lipinski definition) is 0. The van der Waals surface area contributed by atoms with Crippen molar-refractivity contribution in [1.29, 1.82) is 0 Å². The molecule has 3 aromatic heterocycles. The third-order valence-corrected chi connectivity index (χ3v) is 7.38. The van der Waals surface area contributed by atoms with Crippen LogP contribution in [-0.4, -0.2) is 51.0 Å². The van der Waals surface area contributed by atoms with Gasteiger partial charge in [-0.15, -0.1) is 0 Å². The Morgan fingerprint density at radius 3 is 2.57 bits per heavy atom. The van der Waals surface area contributed by atoms with Crippen LogP contribution in [-0.2, 0) is 37.5 Å². The summed E-state index contributed by atoms with van der Waals surface area (Å²) in [5.41, 5.74) is 2.98. The van der Waals surface area contributed by atoms with Crippen molar-refractivity contribution >= 4 is 22.5 Å². The summed E-state index contributed by atoms with van der Waals surface area (Å²) in [5.74, 6) is 0.279. The standard InChI is InChI=1S/C30H27F3N6O3/c1-37-15-25(28(36-37)30(31,32)33)22-10-18(14-38-9-7-34-17-38)11-23-21(22)5-8-39(29(23)40)26-4-6-35-27-19(16-41-2)12-20(42-3)13-24(26)27/h4,6-7,9-13,15,17H,5,8,14,16H2,1-3H3. The Morgan fingerprint density at radius 1 is 1.05 bits per heavy atom. The molecule has 0 atom stereocenters. The highest BCUT2D eigenvalue weighted by atomic mass is 19.4. The van der Waals surface area contributed by atoms with Crippen molar-refractivity contribution in [3.05, 3.63) is 89.4 Å². The van der Waals surface area contributed by atoms with Gasteiger partial charge in [0, 0.05) is 74.1 Å². The maximum absolute atomic E-state index is 14.2. The van der Waals surface area contributed by atoms with Gasteiger partial charge in [-0.2, -0.15) is 18.3 Å². The minimum Gasteiger partial charge on any atom is -0.497 e. The molecule has 0 saturated heterocycles. The fourth-order valence-electron chi connectivity index (χ4n) is 5.61. The van der Waals surface area contributed by atoms with Crippen LogP contribution in [0, 0.1) is 0 Å². The molecule has 0 aliphatic carbocycles. The number of benzene rings is 2. The number of amides is 1. The van der Waals surface area contributed by atoms with Gasteiger partial charge in [0.15, 0.2) is 5.69 Å². The fourth-order valence-corrected chi connectivity index (χ4v) is 5.61. The SMILES string of the molecule is COCc1cc(OC)cc2c(N3CCc4c(cc(Cn5ccnc5)cc4-c4cn(C)nc4C(F)(F)F)C3=O)ccnc12. The van der Waals surface area contributed by atoms with Crippen LogP contribution >= 0.6 is 0 Å². The fraction of sp³-hybridized carbons (Fsp3) is 0.267. The molecule has 0 N–H and O–H groups in total. The van der Waals surface area contributed by atoms with E-state index >= 15 is 0 Å². The van der Waals surface area contributed by atoms with Crippen molar-refractivity contribution in [2.75, 3.05) is 25.7 Å². The summed E-state index contributed by atoms with van der Waals surface area (Å²) in [6, 6.07) is 8.91. The summed E-state index contributed by atoms with van der Waals surface area (Å²) in [5, 5.41) is 4.43. The Kier molecular flexibility index (Phi) is 6.93. The molecule has 0 unspecified atom stereocenters. The molecule has 0 spiro atoms. The van der Waals surface area contributed by atoms with Gasteiger partial charge in [0.2, 0.25) is 0 Å². The molecule has 6 rings (SSSR count). The number of halogens is 3. The predicted molar refractivity (Wildman–Crippen MR) is 149 cm³/mol. The first-order chi connectivity index (χ1) is 20.2. The molecule has 9 nitrogen and oxygen atoms in total. The van der Waals surface area contributed by atoms with Crippen LogP contribution in [0.1, 0.15) is 32.7 Å². The van der Waals surface area contributed by atoms with Gasteiger partial charge in [0.1, 0.15) is 5.75 Å². The number of imidazole rings is 1. The van der Waals surface area contributed by atoms with Crippen molar-refractivity contribution in [3.63, 3.8) is 0 Å². The van der Waals surface area contributed by atoms with Crippen LogP contribution < -0.4 is 9.64 Å². The molecule has 2 aromatic carbocycles. The number of rotatable bonds is 7. The lowest BCUT2D eigenvalue weighted by atomic mass is 9.87. The highest BCUT2D eigenvalue weighted by Gasteiger charge is 2.39. The number of nitrogens with zero attached hydrogens (tertiary/aromatic N) is 6. The molecule has 0 bridgehead atoms.